The largest absolute Gasteiger partial charge is 0.382 e. The SMILES string of the molecule is CC#CCCNC(=O)c1sc(N2CCCC(N)C2)nc1N. The quantitative estimate of drug-likeness (QED) is 0.564. The minimum Gasteiger partial charge on any atom is -0.382 e. The van der Waals surface area contributed by atoms with Gasteiger partial charge in [0.1, 0.15) is 10.7 Å². The number of nitrogens with zero attached hydrogens (tertiary/aromatic N) is 2. The number of rotatable bonds is 4. The fourth-order valence-electron chi connectivity index (χ4n) is 2.25. The number of aromatic nitrogens is 1. The highest BCUT2D eigenvalue weighted by Crippen LogP contribution is 2.29. The molecule has 6 nitrogen and oxygen atoms in total. The number of anilines is 2. The van der Waals surface area contributed by atoms with Gasteiger partial charge >= 0.3 is 0 Å². The fourth-order valence-corrected chi connectivity index (χ4v) is 3.18. The summed E-state index contributed by atoms with van der Waals surface area (Å²) in [6.45, 7) is 3.97. The van der Waals surface area contributed by atoms with Crippen LogP contribution in [0.4, 0.5) is 10.9 Å². The number of nitrogen functional groups attached to an aromatic ring is 1. The number of carbonyl (C=O) groups is 1. The van der Waals surface area contributed by atoms with Crippen molar-refractivity contribution in [1.82, 2.24) is 10.3 Å². The van der Waals surface area contributed by atoms with Gasteiger partial charge in [0.15, 0.2) is 5.13 Å². The molecule has 0 bridgehead atoms. The van der Waals surface area contributed by atoms with Crippen molar-refractivity contribution in [3.05, 3.63) is 4.88 Å². The maximum absolute atomic E-state index is 12.1. The molecule has 114 valence electrons. The first kappa shape index (κ1) is 15.6. The Balaban J connectivity index is 2.00. The molecule has 0 aliphatic carbocycles. The van der Waals surface area contributed by atoms with Gasteiger partial charge in [0, 0.05) is 32.1 Å². The van der Waals surface area contributed by atoms with Crippen molar-refractivity contribution in [2.24, 2.45) is 5.73 Å². The number of amides is 1. The zero-order valence-electron chi connectivity index (χ0n) is 12.2. The van der Waals surface area contributed by atoms with Crippen molar-refractivity contribution in [1.29, 1.82) is 0 Å². The van der Waals surface area contributed by atoms with Crippen LogP contribution in [0.2, 0.25) is 0 Å². The number of hydrogen-bond acceptors (Lipinski definition) is 6. The van der Waals surface area contributed by atoms with E-state index in [1.807, 2.05) is 0 Å². The van der Waals surface area contributed by atoms with Crippen LogP contribution in [-0.2, 0) is 0 Å². The van der Waals surface area contributed by atoms with E-state index >= 15 is 0 Å². The summed E-state index contributed by atoms with van der Waals surface area (Å²) in [4.78, 5) is 19.0. The third-order valence-corrected chi connectivity index (χ3v) is 4.42. The van der Waals surface area contributed by atoms with Gasteiger partial charge in [-0.05, 0) is 19.8 Å². The van der Waals surface area contributed by atoms with E-state index < -0.39 is 0 Å². The molecule has 0 saturated carbocycles. The number of hydrogen-bond donors (Lipinski definition) is 3. The second-order valence-corrected chi connectivity index (χ2v) is 5.97. The monoisotopic (exact) mass is 307 g/mol. The normalized spacial score (nSPS) is 18.0. The lowest BCUT2D eigenvalue weighted by atomic mass is 10.1. The van der Waals surface area contributed by atoms with Crippen molar-refractivity contribution in [2.75, 3.05) is 30.3 Å². The Hall–Kier alpha value is -1.78. The number of carbonyl (C=O) groups excluding carboxylic acids is 1. The van der Waals surface area contributed by atoms with Gasteiger partial charge in [-0.2, -0.15) is 0 Å². The molecule has 1 amide bonds. The lowest BCUT2D eigenvalue weighted by molar-refractivity contribution is 0.0959. The molecular formula is C14H21N5OS. The van der Waals surface area contributed by atoms with E-state index in [2.05, 4.69) is 27.0 Å². The van der Waals surface area contributed by atoms with Crippen molar-refractivity contribution >= 4 is 28.2 Å². The Labute approximate surface area is 128 Å². The van der Waals surface area contributed by atoms with Gasteiger partial charge in [-0.15, -0.1) is 11.8 Å². The molecule has 0 aromatic carbocycles. The summed E-state index contributed by atoms with van der Waals surface area (Å²) in [6, 6.07) is 0.161. The summed E-state index contributed by atoms with van der Waals surface area (Å²) in [5.74, 6) is 5.79. The summed E-state index contributed by atoms with van der Waals surface area (Å²) in [5, 5.41) is 3.58. The van der Waals surface area contributed by atoms with Crippen molar-refractivity contribution in [2.45, 2.75) is 32.2 Å². The molecule has 1 saturated heterocycles. The first-order valence-corrected chi connectivity index (χ1v) is 7.88. The Morgan fingerprint density at radius 1 is 1.62 bits per heavy atom. The Morgan fingerprint density at radius 3 is 3.14 bits per heavy atom. The third-order valence-electron chi connectivity index (χ3n) is 3.29. The summed E-state index contributed by atoms with van der Waals surface area (Å²) in [6.07, 6.45) is 2.70. The number of piperidine rings is 1. The van der Waals surface area contributed by atoms with E-state index in [1.165, 1.54) is 11.3 Å². The minimum absolute atomic E-state index is 0.161. The lowest BCUT2D eigenvalue weighted by Gasteiger charge is -2.30. The standard InChI is InChI=1S/C14H21N5OS/c1-2-3-4-7-17-13(20)11-12(16)18-14(21-11)19-8-5-6-10(15)9-19/h10H,4-9,15-16H2,1H3,(H,17,20). The van der Waals surface area contributed by atoms with Crippen LogP contribution in [0, 0.1) is 11.8 Å². The predicted molar refractivity (Wildman–Crippen MR) is 86.3 cm³/mol. The van der Waals surface area contributed by atoms with Gasteiger partial charge in [0.25, 0.3) is 5.91 Å². The molecule has 1 unspecified atom stereocenters. The summed E-state index contributed by atoms with van der Waals surface area (Å²) < 4.78 is 0. The van der Waals surface area contributed by atoms with Crippen molar-refractivity contribution < 1.29 is 4.79 Å². The number of thiazole rings is 1. The van der Waals surface area contributed by atoms with Gasteiger partial charge in [-0.25, -0.2) is 4.98 Å². The maximum atomic E-state index is 12.1. The molecular weight excluding hydrogens is 286 g/mol. The minimum atomic E-state index is -0.185. The van der Waals surface area contributed by atoms with E-state index in [4.69, 9.17) is 11.5 Å². The average molecular weight is 307 g/mol. The molecule has 2 heterocycles. The zero-order valence-corrected chi connectivity index (χ0v) is 13.0. The molecule has 1 aliphatic heterocycles. The van der Waals surface area contributed by atoms with E-state index in [9.17, 15) is 4.79 Å². The average Bonchev–Trinajstić information content (AvgIpc) is 2.85. The van der Waals surface area contributed by atoms with E-state index in [0.29, 0.717) is 17.8 Å². The van der Waals surface area contributed by atoms with Gasteiger partial charge in [0.2, 0.25) is 0 Å². The van der Waals surface area contributed by atoms with Gasteiger partial charge < -0.3 is 21.7 Å². The Kier molecular flexibility index (Phi) is 5.42. The Morgan fingerprint density at radius 2 is 2.43 bits per heavy atom. The predicted octanol–water partition coefficient (Wildman–Crippen LogP) is 0.796. The lowest BCUT2D eigenvalue weighted by Crippen LogP contribution is -2.42. The first-order valence-electron chi connectivity index (χ1n) is 7.06. The second kappa shape index (κ2) is 7.29. The topological polar surface area (TPSA) is 97.3 Å². The summed E-state index contributed by atoms with van der Waals surface area (Å²) in [5.41, 5.74) is 11.8. The molecule has 21 heavy (non-hydrogen) atoms. The third kappa shape index (κ3) is 4.09. The van der Waals surface area contributed by atoms with Crippen LogP contribution >= 0.6 is 11.3 Å². The van der Waals surface area contributed by atoms with E-state index in [-0.39, 0.29) is 17.8 Å². The van der Waals surface area contributed by atoms with Crippen molar-refractivity contribution in [3.8, 4) is 11.8 Å². The molecule has 1 atom stereocenters. The van der Waals surface area contributed by atoms with Crippen LogP contribution in [0.3, 0.4) is 0 Å². The highest BCUT2D eigenvalue weighted by atomic mass is 32.1. The molecule has 1 aromatic rings. The maximum Gasteiger partial charge on any atom is 0.265 e. The highest BCUT2D eigenvalue weighted by molar-refractivity contribution is 7.18. The van der Waals surface area contributed by atoms with Crippen LogP contribution in [0.15, 0.2) is 0 Å². The van der Waals surface area contributed by atoms with E-state index in [1.54, 1.807) is 6.92 Å². The van der Waals surface area contributed by atoms with E-state index in [0.717, 1.165) is 31.1 Å². The number of nitrogens with two attached hydrogens (primary N) is 2. The first-order chi connectivity index (χ1) is 10.1. The van der Waals surface area contributed by atoms with Crippen LogP contribution in [0.25, 0.3) is 0 Å². The smallest absolute Gasteiger partial charge is 0.265 e. The van der Waals surface area contributed by atoms with Gasteiger partial charge in [-0.3, -0.25) is 4.79 Å². The molecule has 1 fully saturated rings. The summed E-state index contributed by atoms with van der Waals surface area (Å²) >= 11 is 1.33. The Bertz CT molecular complexity index is 559. The van der Waals surface area contributed by atoms with Crippen molar-refractivity contribution in [3.63, 3.8) is 0 Å². The molecule has 0 spiro atoms. The van der Waals surface area contributed by atoms with Crippen LogP contribution in [-0.4, -0.2) is 36.6 Å². The van der Waals surface area contributed by atoms with Crippen LogP contribution < -0.4 is 21.7 Å². The number of nitrogens with one attached hydrogen (secondary N) is 1. The zero-order chi connectivity index (χ0) is 15.2. The van der Waals surface area contributed by atoms with Gasteiger partial charge in [0.05, 0.1) is 0 Å². The fraction of sp³-hybridized carbons (Fsp3) is 0.571. The van der Waals surface area contributed by atoms with Crippen LogP contribution in [0.5, 0.6) is 0 Å². The highest BCUT2D eigenvalue weighted by Gasteiger charge is 2.23. The molecule has 0 radical (unpaired) electrons. The molecule has 1 aromatic heterocycles. The summed E-state index contributed by atoms with van der Waals surface area (Å²) in [7, 11) is 0. The molecule has 2 rings (SSSR count). The molecule has 1 aliphatic rings. The van der Waals surface area contributed by atoms with Gasteiger partial charge in [-0.1, -0.05) is 11.3 Å². The molecule has 7 heteroatoms. The molecule has 5 N–H and O–H groups in total. The second-order valence-electron chi connectivity index (χ2n) is 4.99. The van der Waals surface area contributed by atoms with Crippen LogP contribution in [0.1, 0.15) is 35.9 Å².